The first-order valence-electron chi connectivity index (χ1n) is 9.51. The second-order valence-corrected chi connectivity index (χ2v) is 7.74. The number of allylic oxidation sites excluding steroid dienone is 2. The van der Waals surface area contributed by atoms with Crippen LogP contribution in [0.1, 0.15) is 22.5 Å². The van der Waals surface area contributed by atoms with Crippen molar-refractivity contribution in [1.29, 1.82) is 0 Å². The highest BCUT2D eigenvalue weighted by atomic mass is 16.3. The molecule has 6 heteroatoms. The Bertz CT molecular complexity index is 964. The fourth-order valence-electron chi connectivity index (χ4n) is 4.89. The van der Waals surface area contributed by atoms with Gasteiger partial charge in [-0.15, -0.1) is 0 Å². The minimum Gasteiger partial charge on any atom is -0.459 e. The summed E-state index contributed by atoms with van der Waals surface area (Å²) in [7, 11) is 0. The summed E-state index contributed by atoms with van der Waals surface area (Å²) in [5.74, 6) is -0.814. The molecule has 1 aromatic carbocycles. The van der Waals surface area contributed by atoms with Gasteiger partial charge in [0.25, 0.3) is 5.91 Å². The molecule has 3 aliphatic rings. The van der Waals surface area contributed by atoms with E-state index in [1.54, 1.807) is 12.1 Å². The number of nitrogens with zero attached hydrogens (tertiary/aromatic N) is 2. The Morgan fingerprint density at radius 2 is 1.75 bits per heavy atom. The molecule has 2 heterocycles. The van der Waals surface area contributed by atoms with E-state index in [0.29, 0.717) is 5.69 Å². The summed E-state index contributed by atoms with van der Waals surface area (Å²) in [6, 6.07) is 10.6. The quantitative estimate of drug-likeness (QED) is 0.608. The zero-order valence-corrected chi connectivity index (χ0v) is 15.4. The zero-order chi connectivity index (χ0) is 19.4. The highest BCUT2D eigenvalue weighted by Crippen LogP contribution is 2.52. The number of fused-ring (bicyclic) bond motifs is 5. The van der Waals surface area contributed by atoms with Gasteiger partial charge in [0.2, 0.25) is 11.8 Å². The molecule has 1 aliphatic heterocycles. The minimum absolute atomic E-state index is 0.103. The van der Waals surface area contributed by atoms with Crippen LogP contribution in [0.25, 0.3) is 0 Å². The molecule has 142 valence electrons. The highest BCUT2D eigenvalue weighted by molar-refractivity contribution is 6.09. The van der Waals surface area contributed by atoms with E-state index in [4.69, 9.17) is 4.42 Å². The van der Waals surface area contributed by atoms with Gasteiger partial charge < -0.3 is 4.42 Å². The first-order valence-corrected chi connectivity index (χ1v) is 9.51. The molecule has 4 atom stereocenters. The van der Waals surface area contributed by atoms with E-state index in [2.05, 4.69) is 12.2 Å². The van der Waals surface area contributed by atoms with E-state index >= 15 is 0 Å². The molecule has 0 N–H and O–H groups in total. The first kappa shape index (κ1) is 17.0. The maximum Gasteiger partial charge on any atom is 0.295 e. The molecular formula is C22H20N2O4. The standard InChI is InChI=1S/C22H20N2O4/c1-13-5-2-3-6-16(13)23(20(25)17-7-4-10-28-17)12-24-21(26)18-14-8-9-15(11-14)19(18)22(24)27/h2-10,14-15,18-19H,11-12H2,1H3/t14-,15-,18+,19+/m1/s1. The fraction of sp³-hybridized carbons (Fsp3) is 0.318. The molecule has 2 fully saturated rings. The number of carbonyl (C=O) groups excluding carboxylic acids is 3. The molecule has 6 nitrogen and oxygen atoms in total. The van der Waals surface area contributed by atoms with Crippen LogP contribution in [0, 0.1) is 30.6 Å². The third-order valence-electron chi connectivity index (χ3n) is 6.23. The maximum absolute atomic E-state index is 13.1. The number of hydrogen-bond donors (Lipinski definition) is 0. The number of anilines is 1. The number of likely N-dealkylation sites (tertiary alicyclic amines) is 1. The number of imide groups is 1. The molecule has 5 rings (SSSR count). The predicted octanol–water partition coefficient (Wildman–Crippen LogP) is 3.00. The molecule has 28 heavy (non-hydrogen) atoms. The van der Waals surface area contributed by atoms with Crippen LogP contribution in [0.4, 0.5) is 5.69 Å². The fourth-order valence-corrected chi connectivity index (χ4v) is 4.89. The van der Waals surface area contributed by atoms with Crippen LogP contribution in [-0.2, 0) is 9.59 Å². The van der Waals surface area contributed by atoms with Gasteiger partial charge in [0.05, 0.1) is 18.1 Å². The van der Waals surface area contributed by atoms with E-state index in [9.17, 15) is 14.4 Å². The average Bonchev–Trinajstić information content (AvgIpc) is 3.47. The van der Waals surface area contributed by atoms with Crippen LogP contribution in [-0.4, -0.2) is 29.3 Å². The molecule has 1 aromatic heterocycles. The second kappa shape index (κ2) is 6.19. The summed E-state index contributed by atoms with van der Waals surface area (Å²) < 4.78 is 5.28. The number of benzene rings is 1. The summed E-state index contributed by atoms with van der Waals surface area (Å²) in [4.78, 5) is 42.0. The van der Waals surface area contributed by atoms with E-state index in [0.717, 1.165) is 12.0 Å². The van der Waals surface area contributed by atoms with Crippen LogP contribution in [0.3, 0.4) is 0 Å². The number of rotatable bonds is 4. The molecule has 1 saturated heterocycles. The average molecular weight is 376 g/mol. The SMILES string of the molecule is Cc1ccccc1N(CN1C(=O)[C@@H]2[C@@H](C1=O)[C@@H]1C=C[C@@H]2C1)C(=O)c1ccco1. The normalized spacial score (nSPS) is 27.5. The number of amides is 3. The van der Waals surface area contributed by atoms with Gasteiger partial charge in [-0.3, -0.25) is 24.2 Å². The summed E-state index contributed by atoms with van der Waals surface area (Å²) >= 11 is 0. The molecule has 2 bridgehead atoms. The van der Waals surface area contributed by atoms with Gasteiger partial charge in [0, 0.05) is 5.69 Å². The van der Waals surface area contributed by atoms with Crippen molar-refractivity contribution in [3.63, 3.8) is 0 Å². The Balaban J connectivity index is 1.49. The lowest BCUT2D eigenvalue weighted by molar-refractivity contribution is -0.140. The van der Waals surface area contributed by atoms with Gasteiger partial charge in [-0.05, 0) is 48.9 Å². The Morgan fingerprint density at radius 1 is 1.07 bits per heavy atom. The van der Waals surface area contributed by atoms with E-state index in [1.165, 1.54) is 16.1 Å². The van der Waals surface area contributed by atoms with Crippen molar-refractivity contribution in [3.8, 4) is 0 Å². The number of carbonyl (C=O) groups is 3. The molecular weight excluding hydrogens is 356 g/mol. The molecule has 0 spiro atoms. The van der Waals surface area contributed by atoms with Gasteiger partial charge >= 0.3 is 0 Å². The zero-order valence-electron chi connectivity index (χ0n) is 15.4. The van der Waals surface area contributed by atoms with Crippen molar-refractivity contribution in [2.45, 2.75) is 13.3 Å². The predicted molar refractivity (Wildman–Crippen MR) is 101 cm³/mol. The Labute approximate surface area is 162 Å². The van der Waals surface area contributed by atoms with Crippen molar-refractivity contribution in [2.75, 3.05) is 11.6 Å². The van der Waals surface area contributed by atoms with Crippen molar-refractivity contribution < 1.29 is 18.8 Å². The number of para-hydroxylation sites is 1. The third kappa shape index (κ3) is 2.37. The van der Waals surface area contributed by atoms with Crippen LogP contribution < -0.4 is 4.90 Å². The Morgan fingerprint density at radius 3 is 2.36 bits per heavy atom. The molecule has 3 amide bonds. The van der Waals surface area contributed by atoms with Gasteiger partial charge in [-0.2, -0.15) is 0 Å². The largest absolute Gasteiger partial charge is 0.459 e. The van der Waals surface area contributed by atoms with Crippen molar-refractivity contribution in [1.82, 2.24) is 4.90 Å². The summed E-state index contributed by atoms with van der Waals surface area (Å²) in [5.41, 5.74) is 1.53. The topological polar surface area (TPSA) is 70.8 Å². The number of aryl methyl sites for hydroxylation is 1. The number of hydrogen-bond acceptors (Lipinski definition) is 4. The van der Waals surface area contributed by atoms with Crippen LogP contribution >= 0.6 is 0 Å². The lowest BCUT2D eigenvalue weighted by atomic mass is 9.85. The second-order valence-electron chi connectivity index (χ2n) is 7.74. The molecule has 0 radical (unpaired) electrons. The Hall–Kier alpha value is -3.15. The van der Waals surface area contributed by atoms with Gasteiger partial charge in [0.1, 0.15) is 6.67 Å². The van der Waals surface area contributed by atoms with Crippen LogP contribution in [0.5, 0.6) is 0 Å². The van der Waals surface area contributed by atoms with Crippen LogP contribution in [0.2, 0.25) is 0 Å². The molecule has 0 unspecified atom stereocenters. The lowest BCUT2D eigenvalue weighted by Crippen LogP contribution is -2.45. The maximum atomic E-state index is 13.1. The Kier molecular flexibility index (Phi) is 3.75. The molecule has 2 aromatic rings. The molecule has 1 saturated carbocycles. The number of furan rings is 1. The van der Waals surface area contributed by atoms with E-state index < -0.39 is 0 Å². The molecule has 2 aliphatic carbocycles. The first-order chi connectivity index (χ1) is 13.6. The summed E-state index contributed by atoms with van der Waals surface area (Å²) in [5, 5.41) is 0. The summed E-state index contributed by atoms with van der Waals surface area (Å²) in [6.07, 6.45) is 6.44. The van der Waals surface area contributed by atoms with Crippen molar-refractivity contribution >= 4 is 23.4 Å². The van der Waals surface area contributed by atoms with Crippen molar-refractivity contribution in [3.05, 3.63) is 66.1 Å². The van der Waals surface area contributed by atoms with Crippen molar-refractivity contribution in [2.24, 2.45) is 23.7 Å². The van der Waals surface area contributed by atoms with Gasteiger partial charge in [-0.1, -0.05) is 30.4 Å². The van der Waals surface area contributed by atoms with Gasteiger partial charge in [0.15, 0.2) is 5.76 Å². The lowest BCUT2D eigenvalue weighted by Gasteiger charge is -2.28. The van der Waals surface area contributed by atoms with E-state index in [-0.39, 0.29) is 53.8 Å². The van der Waals surface area contributed by atoms with Crippen LogP contribution in [0.15, 0.2) is 59.2 Å². The third-order valence-corrected chi connectivity index (χ3v) is 6.23. The smallest absolute Gasteiger partial charge is 0.295 e. The highest BCUT2D eigenvalue weighted by Gasteiger charge is 2.59. The summed E-state index contributed by atoms with van der Waals surface area (Å²) in [6.45, 7) is 1.79. The van der Waals surface area contributed by atoms with Gasteiger partial charge in [-0.25, -0.2) is 0 Å². The minimum atomic E-state index is -0.377. The van der Waals surface area contributed by atoms with E-state index in [1.807, 2.05) is 31.2 Å². The monoisotopic (exact) mass is 376 g/mol.